The van der Waals surface area contributed by atoms with E-state index in [-0.39, 0.29) is 5.97 Å². The van der Waals surface area contributed by atoms with Gasteiger partial charge in [-0.05, 0) is 108 Å². The Balaban J connectivity index is 1.22. The second-order valence-corrected chi connectivity index (χ2v) is 11.0. The molecule has 0 unspecified atom stereocenters. The molecule has 5 aromatic carbocycles. The summed E-state index contributed by atoms with van der Waals surface area (Å²) in [6, 6.07) is 33.5. The van der Waals surface area contributed by atoms with Crippen LogP contribution < -0.4 is 4.74 Å². The number of esters is 1. The van der Waals surface area contributed by atoms with Gasteiger partial charge in [0, 0.05) is 28.3 Å². The summed E-state index contributed by atoms with van der Waals surface area (Å²) in [5, 5.41) is 4.46. The van der Waals surface area contributed by atoms with E-state index in [1.807, 2.05) is 6.07 Å². The summed E-state index contributed by atoms with van der Waals surface area (Å²) in [5.41, 5.74) is 5.33. The summed E-state index contributed by atoms with van der Waals surface area (Å²) in [7, 11) is 0. The van der Waals surface area contributed by atoms with Gasteiger partial charge in [-0.15, -0.1) is 0 Å². The van der Waals surface area contributed by atoms with Crippen LogP contribution in [-0.4, -0.2) is 19.2 Å². The number of fused-ring (bicyclic) bond motifs is 2. The molecule has 224 valence electrons. The molecule has 0 atom stereocenters. The van der Waals surface area contributed by atoms with Crippen molar-refractivity contribution in [2.45, 2.75) is 45.4 Å². The molecule has 45 heavy (non-hydrogen) atoms. The van der Waals surface area contributed by atoms with E-state index in [0.29, 0.717) is 13.2 Å². The van der Waals surface area contributed by atoms with Crippen LogP contribution in [0.4, 0.5) is 0 Å². The van der Waals surface area contributed by atoms with Crippen LogP contribution in [0.1, 0.15) is 66.8 Å². The highest BCUT2D eigenvalue weighted by atomic mass is 16.5. The molecule has 0 spiro atoms. The number of hydrogen-bond acceptors (Lipinski definition) is 3. The highest BCUT2D eigenvalue weighted by Crippen LogP contribution is 2.24. The van der Waals surface area contributed by atoms with Crippen LogP contribution in [0.3, 0.4) is 0 Å². The summed E-state index contributed by atoms with van der Waals surface area (Å²) in [4.78, 5) is 11.1. The van der Waals surface area contributed by atoms with Crippen LogP contribution in [0.2, 0.25) is 0 Å². The molecule has 0 fully saturated rings. The molecular weight excluding hydrogens is 552 g/mol. The van der Waals surface area contributed by atoms with Gasteiger partial charge in [0.2, 0.25) is 0 Å². The molecule has 0 aliphatic carbocycles. The van der Waals surface area contributed by atoms with E-state index in [4.69, 9.17) is 9.47 Å². The summed E-state index contributed by atoms with van der Waals surface area (Å²) in [6.45, 7) is 6.70. The average molecular weight is 591 g/mol. The lowest BCUT2D eigenvalue weighted by Crippen LogP contribution is -2.02. The first-order valence-electron chi connectivity index (χ1n) is 15.7. The number of aryl methyl sites for hydroxylation is 1. The molecule has 0 amide bonds. The van der Waals surface area contributed by atoms with Gasteiger partial charge in [-0.1, -0.05) is 92.1 Å². The van der Waals surface area contributed by atoms with E-state index in [1.165, 1.54) is 11.6 Å². The Morgan fingerprint density at radius 3 is 2.00 bits per heavy atom. The molecule has 3 nitrogen and oxygen atoms in total. The van der Waals surface area contributed by atoms with Crippen LogP contribution in [0.15, 0.2) is 110 Å². The topological polar surface area (TPSA) is 35.5 Å². The van der Waals surface area contributed by atoms with Gasteiger partial charge in [-0.3, -0.25) is 0 Å². The molecule has 0 saturated heterocycles. The minimum absolute atomic E-state index is 0.362. The largest absolute Gasteiger partial charge is 0.494 e. The second-order valence-electron chi connectivity index (χ2n) is 11.0. The Morgan fingerprint density at radius 2 is 1.31 bits per heavy atom. The first kappa shape index (κ1) is 31.2. The number of benzene rings is 5. The first-order chi connectivity index (χ1) is 22.1. The van der Waals surface area contributed by atoms with Gasteiger partial charge in [0.15, 0.2) is 0 Å². The summed E-state index contributed by atoms with van der Waals surface area (Å²) in [5.74, 6) is 14.0. The van der Waals surface area contributed by atoms with Crippen LogP contribution in [0.5, 0.6) is 5.75 Å². The van der Waals surface area contributed by atoms with E-state index >= 15 is 0 Å². The maximum Gasteiger partial charge on any atom is 0.330 e. The van der Waals surface area contributed by atoms with Gasteiger partial charge in [-0.25, -0.2) is 4.79 Å². The van der Waals surface area contributed by atoms with Crippen LogP contribution >= 0.6 is 0 Å². The normalized spacial score (nSPS) is 10.4. The molecule has 0 saturated carbocycles. The summed E-state index contributed by atoms with van der Waals surface area (Å²) in [6.07, 6.45) is 7.27. The van der Waals surface area contributed by atoms with E-state index in [0.717, 1.165) is 88.1 Å². The van der Waals surface area contributed by atoms with Crippen molar-refractivity contribution in [1.29, 1.82) is 0 Å². The van der Waals surface area contributed by atoms with Crippen LogP contribution in [0.25, 0.3) is 21.5 Å². The van der Waals surface area contributed by atoms with Gasteiger partial charge >= 0.3 is 5.97 Å². The molecular formula is C42H38O3. The average Bonchev–Trinajstić information content (AvgIpc) is 3.08. The highest BCUT2D eigenvalue weighted by Gasteiger charge is 2.04. The standard InChI is InChI=1S/C42H38O3/c1-3-11-32-14-16-33(17-15-32)18-21-35-24-25-36(41-13-8-7-12-40(35)41)22-19-34-20-23-38-31-39(27-26-37(38)30-34)44-28-9-5-6-10-29-45-42(43)4-2/h4,7-8,12-17,20,23-27,30-31H,2-3,5-6,9-11,28-29H2,1H3. The third-order valence-electron chi connectivity index (χ3n) is 7.63. The third-order valence-corrected chi connectivity index (χ3v) is 7.63. The Labute approximate surface area is 266 Å². The SMILES string of the molecule is C=CC(=O)OCCCCCCOc1ccc2cc(C#Cc3ccc(C#Cc4ccc(CCC)cc4)c4ccccc34)ccc2c1. The lowest BCUT2D eigenvalue weighted by atomic mass is 9.99. The Kier molecular flexibility index (Phi) is 11.1. The minimum atomic E-state index is -0.362. The Hall–Kier alpha value is -5.25. The van der Waals surface area contributed by atoms with Gasteiger partial charge in [0.1, 0.15) is 5.75 Å². The first-order valence-corrected chi connectivity index (χ1v) is 15.7. The van der Waals surface area contributed by atoms with Crippen molar-refractivity contribution < 1.29 is 14.3 Å². The lowest BCUT2D eigenvalue weighted by molar-refractivity contribution is -0.137. The predicted molar refractivity (Wildman–Crippen MR) is 185 cm³/mol. The van der Waals surface area contributed by atoms with Crippen molar-refractivity contribution >= 4 is 27.5 Å². The number of carbonyl (C=O) groups is 1. The molecule has 0 N–H and O–H groups in total. The van der Waals surface area contributed by atoms with Gasteiger partial charge < -0.3 is 9.47 Å². The van der Waals surface area contributed by atoms with Gasteiger partial charge in [-0.2, -0.15) is 0 Å². The van der Waals surface area contributed by atoms with Crippen molar-refractivity contribution in [2.24, 2.45) is 0 Å². The molecule has 0 radical (unpaired) electrons. The fourth-order valence-electron chi connectivity index (χ4n) is 5.21. The molecule has 0 aliphatic rings. The van der Waals surface area contributed by atoms with Crippen molar-refractivity contribution in [3.05, 3.63) is 138 Å². The molecule has 0 heterocycles. The number of unbranched alkanes of at least 4 members (excludes halogenated alkanes) is 3. The zero-order valence-corrected chi connectivity index (χ0v) is 25.9. The fraction of sp³-hybridized carbons (Fsp3) is 0.214. The zero-order chi connectivity index (χ0) is 31.3. The van der Waals surface area contributed by atoms with Crippen molar-refractivity contribution in [3.8, 4) is 29.4 Å². The molecule has 0 aliphatic heterocycles. The monoisotopic (exact) mass is 590 g/mol. The highest BCUT2D eigenvalue weighted by molar-refractivity contribution is 5.93. The van der Waals surface area contributed by atoms with Crippen molar-refractivity contribution in [2.75, 3.05) is 13.2 Å². The summed E-state index contributed by atoms with van der Waals surface area (Å²) >= 11 is 0. The van der Waals surface area contributed by atoms with Gasteiger partial charge in [0.05, 0.1) is 13.2 Å². The number of carbonyl (C=O) groups excluding carboxylic acids is 1. The number of hydrogen-bond donors (Lipinski definition) is 0. The minimum Gasteiger partial charge on any atom is -0.494 e. The molecule has 3 heteroatoms. The lowest BCUT2D eigenvalue weighted by Gasteiger charge is -2.08. The van der Waals surface area contributed by atoms with Crippen LogP contribution in [0, 0.1) is 23.7 Å². The fourth-order valence-corrected chi connectivity index (χ4v) is 5.21. The maximum atomic E-state index is 11.1. The number of ether oxygens (including phenoxy) is 2. The molecule has 0 aromatic heterocycles. The zero-order valence-electron chi connectivity index (χ0n) is 25.9. The van der Waals surface area contributed by atoms with Crippen LogP contribution in [-0.2, 0) is 16.0 Å². The maximum absolute atomic E-state index is 11.1. The molecule has 5 rings (SSSR count). The number of rotatable bonds is 11. The second kappa shape index (κ2) is 16.0. The van der Waals surface area contributed by atoms with E-state index in [9.17, 15) is 4.79 Å². The summed E-state index contributed by atoms with van der Waals surface area (Å²) < 4.78 is 11.0. The molecule has 5 aromatic rings. The van der Waals surface area contributed by atoms with E-state index in [1.54, 1.807) is 0 Å². The van der Waals surface area contributed by atoms with E-state index in [2.05, 4.69) is 128 Å². The Morgan fingerprint density at radius 1 is 0.689 bits per heavy atom. The smallest absolute Gasteiger partial charge is 0.330 e. The van der Waals surface area contributed by atoms with Crippen molar-refractivity contribution in [3.63, 3.8) is 0 Å². The quantitative estimate of drug-likeness (QED) is 0.0665. The molecule has 0 bridgehead atoms. The van der Waals surface area contributed by atoms with Crippen molar-refractivity contribution in [1.82, 2.24) is 0 Å². The predicted octanol–water partition coefficient (Wildman–Crippen LogP) is 9.41. The third kappa shape index (κ3) is 8.88. The van der Waals surface area contributed by atoms with Gasteiger partial charge in [0.25, 0.3) is 0 Å². The Bertz CT molecular complexity index is 1910. The van der Waals surface area contributed by atoms with E-state index < -0.39 is 0 Å².